The van der Waals surface area contributed by atoms with E-state index in [1.807, 2.05) is 6.92 Å². The van der Waals surface area contributed by atoms with Crippen molar-refractivity contribution in [3.63, 3.8) is 0 Å². The number of aliphatic carboxylic acids is 1. The molecule has 8 heteroatoms. The minimum absolute atomic E-state index is 0.00984. The van der Waals surface area contributed by atoms with Crippen LogP contribution in [0.15, 0.2) is 11.1 Å². The molecule has 4 aliphatic carbocycles. The van der Waals surface area contributed by atoms with Gasteiger partial charge < -0.3 is 10.4 Å². The molecule has 2 heterocycles. The lowest BCUT2D eigenvalue weighted by atomic mass is 9.66. The number of thiophene rings is 1. The van der Waals surface area contributed by atoms with Crippen LogP contribution in [0.5, 0.6) is 0 Å². The molecule has 152 valence electrons. The van der Waals surface area contributed by atoms with Gasteiger partial charge in [-0.25, -0.2) is 9.78 Å². The maximum atomic E-state index is 13.3. The Morgan fingerprint density at radius 2 is 1.62 bits per heavy atom. The smallest absolute Gasteiger partial charge is 0.332 e. The van der Waals surface area contributed by atoms with Gasteiger partial charge in [-0.05, 0) is 87.2 Å². The Morgan fingerprint density at radius 3 is 2.17 bits per heavy atom. The molecule has 4 aliphatic rings. The first-order valence-electron chi connectivity index (χ1n) is 10.2. The number of aryl methyl sites for hydroxylation is 1. The standard InChI is InChI=1S/C21H23N3O3S2/c1-9-14(20-22-10(2)24-29-20)19(28-17(9)13-7-8-13)23-18(25)15-11-3-5-12(6-4-11)16(15)21(26)27/h11-13H,3-8H2,1-2H3,(H,23,25)(H,26,27). The lowest BCUT2D eigenvalue weighted by molar-refractivity contribution is -0.134. The van der Waals surface area contributed by atoms with Crippen molar-refractivity contribution in [2.75, 3.05) is 5.32 Å². The lowest BCUT2D eigenvalue weighted by Crippen LogP contribution is -2.35. The van der Waals surface area contributed by atoms with E-state index in [1.165, 1.54) is 34.8 Å². The number of hydrogen-bond donors (Lipinski definition) is 2. The van der Waals surface area contributed by atoms with Crippen molar-refractivity contribution in [2.24, 2.45) is 11.8 Å². The normalized spacial score (nSPS) is 23.5. The predicted octanol–water partition coefficient (Wildman–Crippen LogP) is 4.90. The second-order valence-electron chi connectivity index (χ2n) is 8.35. The van der Waals surface area contributed by atoms with E-state index in [9.17, 15) is 14.7 Å². The summed E-state index contributed by atoms with van der Waals surface area (Å²) < 4.78 is 4.32. The Bertz CT molecular complexity index is 1040. The zero-order chi connectivity index (χ0) is 20.3. The van der Waals surface area contributed by atoms with E-state index in [2.05, 4.69) is 21.6 Å². The molecular formula is C21H23N3O3S2. The molecule has 6 nitrogen and oxygen atoms in total. The highest BCUT2D eigenvalue weighted by Crippen LogP contribution is 2.52. The number of carbonyl (C=O) groups is 2. The summed E-state index contributed by atoms with van der Waals surface area (Å²) in [5.74, 6) is 0.172. The molecule has 0 spiro atoms. The van der Waals surface area contributed by atoms with Crippen LogP contribution < -0.4 is 5.32 Å². The van der Waals surface area contributed by atoms with E-state index in [4.69, 9.17) is 0 Å². The second-order valence-corrected chi connectivity index (χ2v) is 10.2. The van der Waals surface area contributed by atoms with Crippen LogP contribution in [0.3, 0.4) is 0 Å². The third-order valence-electron chi connectivity index (χ3n) is 6.41. The molecule has 0 unspecified atom stereocenters. The molecule has 2 aromatic heterocycles. The molecule has 2 aromatic rings. The summed E-state index contributed by atoms with van der Waals surface area (Å²) in [6.07, 6.45) is 5.93. The van der Waals surface area contributed by atoms with Crippen LogP contribution in [0.1, 0.15) is 60.7 Å². The summed E-state index contributed by atoms with van der Waals surface area (Å²) in [4.78, 5) is 31.1. The topological polar surface area (TPSA) is 92.2 Å². The van der Waals surface area contributed by atoms with Gasteiger partial charge in [0.15, 0.2) is 0 Å². The first kappa shape index (κ1) is 18.9. The maximum Gasteiger partial charge on any atom is 0.332 e. The highest BCUT2D eigenvalue weighted by molar-refractivity contribution is 7.18. The van der Waals surface area contributed by atoms with Crippen molar-refractivity contribution in [1.29, 1.82) is 0 Å². The van der Waals surface area contributed by atoms with Gasteiger partial charge in [-0.3, -0.25) is 4.79 Å². The van der Waals surface area contributed by atoms with Crippen LogP contribution >= 0.6 is 22.9 Å². The van der Waals surface area contributed by atoms with E-state index in [0.29, 0.717) is 17.1 Å². The fraction of sp³-hybridized carbons (Fsp3) is 0.524. The number of carboxylic acids is 1. The Morgan fingerprint density at radius 1 is 1.00 bits per heavy atom. The quantitative estimate of drug-likeness (QED) is 0.705. The summed E-state index contributed by atoms with van der Waals surface area (Å²) in [5, 5.41) is 14.5. The number of amides is 1. The van der Waals surface area contributed by atoms with E-state index < -0.39 is 5.97 Å². The average Bonchev–Trinajstić information content (AvgIpc) is 3.38. The summed E-state index contributed by atoms with van der Waals surface area (Å²) in [6, 6.07) is 0. The number of aromatic nitrogens is 2. The molecule has 1 amide bonds. The van der Waals surface area contributed by atoms with Crippen molar-refractivity contribution in [2.45, 2.75) is 58.3 Å². The Kier molecular flexibility index (Phi) is 4.58. The van der Waals surface area contributed by atoms with Crippen molar-refractivity contribution in [3.05, 3.63) is 27.4 Å². The number of nitrogens with one attached hydrogen (secondary N) is 1. The number of carboxylic acid groups (broad SMARTS) is 1. The van der Waals surface area contributed by atoms with Crippen molar-refractivity contribution < 1.29 is 14.7 Å². The van der Waals surface area contributed by atoms with Gasteiger partial charge in [0.1, 0.15) is 15.8 Å². The Balaban J connectivity index is 1.55. The van der Waals surface area contributed by atoms with Crippen molar-refractivity contribution >= 4 is 39.7 Å². The molecule has 0 saturated heterocycles. The molecule has 2 saturated carbocycles. The van der Waals surface area contributed by atoms with Gasteiger partial charge in [-0.1, -0.05) is 0 Å². The van der Waals surface area contributed by atoms with E-state index in [-0.39, 0.29) is 17.7 Å². The molecule has 2 N–H and O–H groups in total. The van der Waals surface area contributed by atoms with Crippen LogP contribution in [-0.4, -0.2) is 26.3 Å². The predicted molar refractivity (Wildman–Crippen MR) is 113 cm³/mol. The first-order valence-corrected chi connectivity index (χ1v) is 11.8. The molecular weight excluding hydrogens is 406 g/mol. The van der Waals surface area contributed by atoms with Crippen molar-refractivity contribution in [3.8, 4) is 10.6 Å². The van der Waals surface area contributed by atoms with Crippen LogP contribution in [0.4, 0.5) is 5.00 Å². The maximum absolute atomic E-state index is 13.3. The minimum atomic E-state index is -0.939. The molecule has 2 bridgehead atoms. The molecule has 0 radical (unpaired) electrons. The highest BCUT2D eigenvalue weighted by Gasteiger charge is 2.41. The van der Waals surface area contributed by atoms with Gasteiger partial charge in [0.2, 0.25) is 0 Å². The van der Waals surface area contributed by atoms with E-state index in [0.717, 1.165) is 47.1 Å². The number of nitrogens with zero attached hydrogens (tertiary/aromatic N) is 2. The van der Waals surface area contributed by atoms with Crippen LogP contribution in [0.2, 0.25) is 0 Å². The molecule has 0 aromatic carbocycles. The van der Waals surface area contributed by atoms with Crippen LogP contribution in [0, 0.1) is 25.7 Å². The first-order chi connectivity index (χ1) is 13.9. The molecule has 6 rings (SSSR count). The molecule has 0 aliphatic heterocycles. The summed E-state index contributed by atoms with van der Waals surface area (Å²) >= 11 is 2.96. The zero-order valence-corrected chi connectivity index (χ0v) is 18.1. The second kappa shape index (κ2) is 7.02. The van der Waals surface area contributed by atoms with Crippen molar-refractivity contribution in [1.82, 2.24) is 9.36 Å². The molecule has 0 atom stereocenters. The Labute approximate surface area is 177 Å². The largest absolute Gasteiger partial charge is 0.478 e. The van der Waals surface area contributed by atoms with Crippen LogP contribution in [0.25, 0.3) is 10.6 Å². The van der Waals surface area contributed by atoms with Gasteiger partial charge in [0.05, 0.1) is 5.56 Å². The number of carbonyl (C=O) groups excluding carboxylic acids is 1. The Hall–Kier alpha value is -2.06. The van der Waals surface area contributed by atoms with Gasteiger partial charge in [0, 0.05) is 16.0 Å². The monoisotopic (exact) mass is 429 g/mol. The number of hydrogen-bond acceptors (Lipinski definition) is 6. The van der Waals surface area contributed by atoms with Gasteiger partial charge in [0.25, 0.3) is 5.91 Å². The number of rotatable bonds is 5. The average molecular weight is 430 g/mol. The van der Waals surface area contributed by atoms with Gasteiger partial charge in [-0.2, -0.15) is 4.37 Å². The molecule has 2 fully saturated rings. The van der Waals surface area contributed by atoms with E-state index in [1.54, 1.807) is 11.3 Å². The summed E-state index contributed by atoms with van der Waals surface area (Å²) in [5.41, 5.74) is 2.96. The lowest BCUT2D eigenvalue weighted by Gasteiger charge is -2.37. The fourth-order valence-electron chi connectivity index (χ4n) is 4.89. The third kappa shape index (κ3) is 3.22. The van der Waals surface area contributed by atoms with E-state index >= 15 is 0 Å². The third-order valence-corrected chi connectivity index (χ3v) is 8.60. The zero-order valence-electron chi connectivity index (χ0n) is 16.4. The van der Waals surface area contributed by atoms with Gasteiger partial charge >= 0.3 is 5.97 Å². The number of fused-ring (bicyclic) bond motifs is 2. The summed E-state index contributed by atoms with van der Waals surface area (Å²) in [7, 11) is 0. The summed E-state index contributed by atoms with van der Waals surface area (Å²) in [6.45, 7) is 3.96. The fourth-order valence-corrected chi connectivity index (χ4v) is 7.11. The molecule has 29 heavy (non-hydrogen) atoms. The van der Waals surface area contributed by atoms with Gasteiger partial charge in [-0.15, -0.1) is 11.3 Å². The minimum Gasteiger partial charge on any atom is -0.478 e. The van der Waals surface area contributed by atoms with Crippen LogP contribution in [-0.2, 0) is 9.59 Å². The SMILES string of the molecule is Cc1nsc(-c2c(NC(=O)C3=C(C(=O)O)C4CCC3CC4)sc(C3CC3)c2C)n1. The number of anilines is 1. The highest BCUT2D eigenvalue weighted by atomic mass is 32.1.